The quantitative estimate of drug-likeness (QED) is 0.490. The first-order valence-corrected chi connectivity index (χ1v) is 6.77. The minimum absolute atomic E-state index is 0.291. The Morgan fingerprint density at radius 1 is 1.50 bits per heavy atom. The summed E-state index contributed by atoms with van der Waals surface area (Å²) < 4.78 is 5.53. The van der Waals surface area contributed by atoms with Gasteiger partial charge in [-0.2, -0.15) is 0 Å². The minimum atomic E-state index is -0.399. The number of hydrogen-bond acceptors (Lipinski definition) is 3. The van der Waals surface area contributed by atoms with Crippen LogP contribution in [0.2, 0.25) is 0 Å². The molecule has 0 atom stereocenters. The van der Waals surface area contributed by atoms with Crippen molar-refractivity contribution in [3.8, 4) is 0 Å². The van der Waals surface area contributed by atoms with E-state index in [0.29, 0.717) is 16.8 Å². The highest BCUT2D eigenvalue weighted by Gasteiger charge is 2.34. The van der Waals surface area contributed by atoms with Crippen LogP contribution in [0.15, 0.2) is 12.2 Å². The zero-order chi connectivity index (χ0) is 12.2. The van der Waals surface area contributed by atoms with Crippen LogP contribution in [0.1, 0.15) is 26.7 Å². The lowest BCUT2D eigenvalue weighted by molar-refractivity contribution is -0.157. The first kappa shape index (κ1) is 13.7. The van der Waals surface area contributed by atoms with Crippen LogP contribution in [0.5, 0.6) is 0 Å². The summed E-state index contributed by atoms with van der Waals surface area (Å²) >= 11 is 3.21. The van der Waals surface area contributed by atoms with E-state index < -0.39 is 5.60 Å². The van der Waals surface area contributed by atoms with Crippen molar-refractivity contribution in [2.24, 2.45) is 5.92 Å². The number of ether oxygens (including phenoxy) is 1. The predicted octanol–water partition coefficient (Wildman–Crippen LogP) is 2.26. The van der Waals surface area contributed by atoms with Crippen molar-refractivity contribution >= 4 is 21.9 Å². The monoisotopic (exact) mass is 289 g/mol. The smallest absolute Gasteiger partial charge is 0.334 e. The molecule has 1 aliphatic heterocycles. The van der Waals surface area contributed by atoms with Gasteiger partial charge in [0.25, 0.3) is 0 Å². The maximum Gasteiger partial charge on any atom is 0.334 e. The van der Waals surface area contributed by atoms with Gasteiger partial charge in [-0.15, -0.1) is 0 Å². The van der Waals surface area contributed by atoms with Crippen LogP contribution in [-0.4, -0.2) is 30.0 Å². The number of carbonyl (C=O) groups excluding carboxylic acids is 1. The Hall–Kier alpha value is -0.350. The minimum Gasteiger partial charge on any atom is -0.456 e. The zero-order valence-corrected chi connectivity index (χ0v) is 11.6. The highest BCUT2D eigenvalue weighted by atomic mass is 79.9. The molecular weight excluding hydrogens is 270 g/mol. The molecule has 0 aromatic heterocycles. The summed E-state index contributed by atoms with van der Waals surface area (Å²) in [4.78, 5) is 11.7. The Labute approximate surface area is 106 Å². The van der Waals surface area contributed by atoms with Crippen molar-refractivity contribution in [2.75, 3.05) is 18.4 Å². The molecule has 16 heavy (non-hydrogen) atoms. The van der Waals surface area contributed by atoms with Gasteiger partial charge >= 0.3 is 5.97 Å². The van der Waals surface area contributed by atoms with Crippen molar-refractivity contribution in [1.29, 1.82) is 0 Å². The predicted molar refractivity (Wildman–Crippen MR) is 68.7 cm³/mol. The van der Waals surface area contributed by atoms with Gasteiger partial charge in [0.05, 0.1) is 0 Å². The SMILES string of the molecule is C=C(CBr)C(=O)OC(C)(C)C1CCNCC1. The Morgan fingerprint density at radius 3 is 2.56 bits per heavy atom. The molecule has 1 N–H and O–H groups in total. The van der Waals surface area contributed by atoms with Gasteiger partial charge in [-0.05, 0) is 39.8 Å². The van der Waals surface area contributed by atoms with Crippen molar-refractivity contribution in [2.45, 2.75) is 32.3 Å². The fourth-order valence-corrected chi connectivity index (χ4v) is 2.20. The first-order chi connectivity index (χ1) is 7.47. The van der Waals surface area contributed by atoms with Crippen molar-refractivity contribution < 1.29 is 9.53 Å². The van der Waals surface area contributed by atoms with Crippen LogP contribution in [0.4, 0.5) is 0 Å². The van der Waals surface area contributed by atoms with E-state index in [-0.39, 0.29) is 5.97 Å². The molecule has 0 aromatic carbocycles. The fourth-order valence-electron chi connectivity index (χ4n) is 1.97. The highest BCUT2D eigenvalue weighted by molar-refractivity contribution is 9.09. The van der Waals surface area contributed by atoms with Gasteiger partial charge in [-0.1, -0.05) is 22.5 Å². The van der Waals surface area contributed by atoms with E-state index >= 15 is 0 Å². The molecule has 0 saturated carbocycles. The van der Waals surface area contributed by atoms with E-state index in [0.717, 1.165) is 25.9 Å². The highest BCUT2D eigenvalue weighted by Crippen LogP contribution is 2.29. The summed E-state index contributed by atoms with van der Waals surface area (Å²) in [6.07, 6.45) is 2.11. The second kappa shape index (κ2) is 5.82. The molecule has 1 rings (SSSR count). The Balaban J connectivity index is 2.55. The van der Waals surface area contributed by atoms with Crippen LogP contribution >= 0.6 is 15.9 Å². The van der Waals surface area contributed by atoms with Gasteiger partial charge in [0, 0.05) is 16.8 Å². The lowest BCUT2D eigenvalue weighted by atomic mass is 9.83. The lowest BCUT2D eigenvalue weighted by Gasteiger charge is -2.36. The lowest BCUT2D eigenvalue weighted by Crippen LogP contribution is -2.43. The molecule has 0 spiro atoms. The Morgan fingerprint density at radius 2 is 2.06 bits per heavy atom. The molecule has 0 radical (unpaired) electrons. The second-order valence-corrected chi connectivity index (χ2v) is 5.32. The van der Waals surface area contributed by atoms with Gasteiger partial charge < -0.3 is 10.1 Å². The molecule has 0 unspecified atom stereocenters. The zero-order valence-electron chi connectivity index (χ0n) is 10.0. The summed E-state index contributed by atoms with van der Waals surface area (Å²) in [6.45, 7) is 9.66. The molecular formula is C12H20BrNO2. The number of carbonyl (C=O) groups is 1. The van der Waals surface area contributed by atoms with E-state index in [9.17, 15) is 4.79 Å². The summed E-state index contributed by atoms with van der Waals surface area (Å²) in [5.74, 6) is 0.140. The summed E-state index contributed by atoms with van der Waals surface area (Å²) in [5, 5.41) is 3.77. The van der Waals surface area contributed by atoms with Gasteiger partial charge in [0.2, 0.25) is 0 Å². The molecule has 0 bridgehead atoms. The van der Waals surface area contributed by atoms with E-state index in [2.05, 4.69) is 27.8 Å². The standard InChI is InChI=1S/C12H20BrNO2/c1-9(8-13)11(15)16-12(2,3)10-4-6-14-7-5-10/h10,14H,1,4-8H2,2-3H3. The summed E-state index contributed by atoms with van der Waals surface area (Å²) in [7, 11) is 0. The van der Waals surface area contributed by atoms with Crippen LogP contribution < -0.4 is 5.32 Å². The fraction of sp³-hybridized carbons (Fsp3) is 0.750. The van der Waals surface area contributed by atoms with Crippen LogP contribution in [0, 0.1) is 5.92 Å². The normalized spacial score (nSPS) is 18.2. The molecule has 3 nitrogen and oxygen atoms in total. The van der Waals surface area contributed by atoms with Crippen LogP contribution in [0.3, 0.4) is 0 Å². The average molecular weight is 290 g/mol. The Kier molecular flexibility index (Phi) is 4.99. The van der Waals surface area contributed by atoms with E-state index in [1.807, 2.05) is 13.8 Å². The summed E-state index contributed by atoms with van der Waals surface area (Å²) in [5.41, 5.74) is 0.0756. The third-order valence-electron chi connectivity index (χ3n) is 3.13. The first-order valence-electron chi connectivity index (χ1n) is 5.65. The maximum atomic E-state index is 11.7. The molecule has 0 amide bonds. The van der Waals surface area contributed by atoms with E-state index in [1.165, 1.54) is 0 Å². The third kappa shape index (κ3) is 3.59. The Bertz CT molecular complexity index is 270. The average Bonchev–Trinajstić information content (AvgIpc) is 2.28. The number of piperidine rings is 1. The molecule has 1 fully saturated rings. The topological polar surface area (TPSA) is 38.3 Å². The number of rotatable bonds is 4. The number of esters is 1. The van der Waals surface area contributed by atoms with Crippen LogP contribution in [0.25, 0.3) is 0 Å². The van der Waals surface area contributed by atoms with E-state index in [4.69, 9.17) is 4.74 Å². The maximum absolute atomic E-state index is 11.7. The number of nitrogens with one attached hydrogen (secondary N) is 1. The van der Waals surface area contributed by atoms with Gasteiger partial charge in [0.1, 0.15) is 5.60 Å². The number of halogens is 1. The molecule has 0 aliphatic carbocycles. The third-order valence-corrected chi connectivity index (χ3v) is 3.80. The van der Waals surface area contributed by atoms with Gasteiger partial charge in [0.15, 0.2) is 0 Å². The van der Waals surface area contributed by atoms with E-state index in [1.54, 1.807) is 0 Å². The molecule has 1 saturated heterocycles. The second-order valence-electron chi connectivity index (χ2n) is 4.75. The molecule has 1 aliphatic rings. The number of alkyl halides is 1. The summed E-state index contributed by atoms with van der Waals surface area (Å²) in [6, 6.07) is 0. The molecule has 92 valence electrons. The van der Waals surface area contributed by atoms with Crippen molar-refractivity contribution in [3.63, 3.8) is 0 Å². The van der Waals surface area contributed by atoms with Gasteiger partial charge in [-0.25, -0.2) is 4.79 Å². The molecule has 1 heterocycles. The van der Waals surface area contributed by atoms with Crippen molar-refractivity contribution in [1.82, 2.24) is 5.32 Å². The largest absolute Gasteiger partial charge is 0.456 e. The molecule has 0 aromatic rings. The van der Waals surface area contributed by atoms with Crippen molar-refractivity contribution in [3.05, 3.63) is 12.2 Å². The molecule has 4 heteroatoms. The van der Waals surface area contributed by atoms with Gasteiger partial charge in [-0.3, -0.25) is 0 Å². The van der Waals surface area contributed by atoms with Crippen LogP contribution in [-0.2, 0) is 9.53 Å². The number of hydrogen-bond donors (Lipinski definition) is 1.